The van der Waals surface area contributed by atoms with E-state index in [-0.39, 0.29) is 0 Å². The van der Waals surface area contributed by atoms with Crippen LogP contribution in [0.15, 0.2) is 0 Å². The van der Waals surface area contributed by atoms with Crippen LogP contribution in [0.5, 0.6) is 0 Å². The van der Waals surface area contributed by atoms with E-state index in [4.69, 9.17) is 4.74 Å². The van der Waals surface area contributed by atoms with Gasteiger partial charge in [-0.1, -0.05) is 20.8 Å². The lowest BCUT2D eigenvalue weighted by Gasteiger charge is -2.44. The number of nitrogens with one attached hydrogen (secondary N) is 1. The van der Waals surface area contributed by atoms with E-state index < -0.39 is 0 Å². The molecule has 2 aliphatic heterocycles. The number of ether oxygens (including phenoxy) is 1. The van der Waals surface area contributed by atoms with Crippen LogP contribution in [0.1, 0.15) is 46.5 Å². The van der Waals surface area contributed by atoms with Crippen LogP contribution in [0.25, 0.3) is 0 Å². The third-order valence-electron chi connectivity index (χ3n) is 4.51. The molecule has 1 N–H and O–H groups in total. The molecule has 0 spiro atoms. The molecule has 3 atom stereocenters. The van der Waals surface area contributed by atoms with Crippen LogP contribution in [0.2, 0.25) is 0 Å². The predicted octanol–water partition coefficient (Wildman–Crippen LogP) is 2.26. The van der Waals surface area contributed by atoms with E-state index in [1.54, 1.807) is 0 Å². The standard InChI is InChI=1S/C15H30N2O/c1-4-13-10-17(15(9-16-13)12(2)3)11-14-7-5-6-8-18-14/h12-16H,4-11H2,1-3H3. The van der Waals surface area contributed by atoms with E-state index in [2.05, 4.69) is 31.0 Å². The van der Waals surface area contributed by atoms with Crippen LogP contribution in [-0.2, 0) is 4.74 Å². The average molecular weight is 254 g/mol. The molecule has 0 aromatic rings. The van der Waals surface area contributed by atoms with E-state index in [0.29, 0.717) is 18.2 Å². The Morgan fingerprint density at radius 2 is 2.17 bits per heavy atom. The number of hydrogen-bond donors (Lipinski definition) is 1. The van der Waals surface area contributed by atoms with Gasteiger partial charge >= 0.3 is 0 Å². The monoisotopic (exact) mass is 254 g/mol. The van der Waals surface area contributed by atoms with Gasteiger partial charge in [-0.15, -0.1) is 0 Å². The lowest BCUT2D eigenvalue weighted by molar-refractivity contribution is -0.0269. The van der Waals surface area contributed by atoms with Crippen LogP contribution >= 0.6 is 0 Å². The van der Waals surface area contributed by atoms with E-state index in [0.717, 1.165) is 25.6 Å². The minimum atomic E-state index is 0.482. The summed E-state index contributed by atoms with van der Waals surface area (Å²) in [6.45, 7) is 11.4. The third kappa shape index (κ3) is 3.69. The average Bonchev–Trinajstić information content (AvgIpc) is 2.39. The summed E-state index contributed by atoms with van der Waals surface area (Å²) < 4.78 is 5.92. The van der Waals surface area contributed by atoms with Crippen molar-refractivity contribution in [1.82, 2.24) is 10.2 Å². The van der Waals surface area contributed by atoms with Crippen molar-refractivity contribution >= 4 is 0 Å². The van der Waals surface area contributed by atoms with Gasteiger partial charge in [0.25, 0.3) is 0 Å². The van der Waals surface area contributed by atoms with Crippen molar-refractivity contribution in [3.63, 3.8) is 0 Å². The lowest BCUT2D eigenvalue weighted by atomic mass is 9.96. The fourth-order valence-corrected chi connectivity index (χ4v) is 3.25. The van der Waals surface area contributed by atoms with Crippen LogP contribution in [0.4, 0.5) is 0 Å². The number of piperazine rings is 1. The van der Waals surface area contributed by atoms with Gasteiger partial charge in [0.05, 0.1) is 6.10 Å². The Hall–Kier alpha value is -0.120. The van der Waals surface area contributed by atoms with Crippen LogP contribution in [0, 0.1) is 5.92 Å². The van der Waals surface area contributed by atoms with E-state index >= 15 is 0 Å². The molecule has 3 nitrogen and oxygen atoms in total. The van der Waals surface area contributed by atoms with Gasteiger partial charge in [-0.2, -0.15) is 0 Å². The SMILES string of the molecule is CCC1CN(CC2CCCCO2)C(C(C)C)CN1. The molecule has 106 valence electrons. The molecule has 0 aromatic carbocycles. The predicted molar refractivity (Wildman–Crippen MR) is 75.9 cm³/mol. The zero-order chi connectivity index (χ0) is 13.0. The summed E-state index contributed by atoms with van der Waals surface area (Å²) in [6, 6.07) is 1.35. The molecule has 0 radical (unpaired) electrons. The summed E-state index contributed by atoms with van der Waals surface area (Å²) in [5.74, 6) is 0.721. The molecule has 0 bridgehead atoms. The molecule has 2 saturated heterocycles. The first-order valence-electron chi connectivity index (χ1n) is 7.79. The first-order chi connectivity index (χ1) is 8.70. The van der Waals surface area contributed by atoms with Crippen molar-refractivity contribution in [3.05, 3.63) is 0 Å². The summed E-state index contributed by atoms with van der Waals surface area (Å²) in [5.41, 5.74) is 0. The molecule has 2 aliphatic rings. The quantitative estimate of drug-likeness (QED) is 0.833. The molecular weight excluding hydrogens is 224 g/mol. The molecular formula is C15H30N2O. The highest BCUT2D eigenvalue weighted by molar-refractivity contribution is 4.88. The summed E-state index contributed by atoms with van der Waals surface area (Å²) >= 11 is 0. The maximum atomic E-state index is 5.92. The maximum absolute atomic E-state index is 5.92. The fraction of sp³-hybridized carbons (Fsp3) is 1.00. The maximum Gasteiger partial charge on any atom is 0.0702 e. The zero-order valence-electron chi connectivity index (χ0n) is 12.3. The summed E-state index contributed by atoms with van der Waals surface area (Å²) in [7, 11) is 0. The van der Waals surface area contributed by atoms with Crippen LogP contribution < -0.4 is 5.32 Å². The summed E-state index contributed by atoms with van der Waals surface area (Å²) in [4.78, 5) is 2.69. The lowest BCUT2D eigenvalue weighted by Crippen LogP contribution is -2.59. The second kappa shape index (κ2) is 6.88. The van der Waals surface area contributed by atoms with E-state index in [1.165, 1.54) is 32.2 Å². The molecule has 0 amide bonds. The van der Waals surface area contributed by atoms with Gasteiger partial charge in [-0.3, -0.25) is 4.90 Å². The second-order valence-corrected chi connectivity index (χ2v) is 6.27. The number of hydrogen-bond acceptors (Lipinski definition) is 3. The summed E-state index contributed by atoms with van der Waals surface area (Å²) in [5, 5.41) is 3.68. The number of nitrogens with zero attached hydrogens (tertiary/aromatic N) is 1. The number of rotatable bonds is 4. The molecule has 2 fully saturated rings. The van der Waals surface area contributed by atoms with E-state index in [1.807, 2.05) is 0 Å². The zero-order valence-corrected chi connectivity index (χ0v) is 12.3. The van der Waals surface area contributed by atoms with Crippen molar-refractivity contribution in [3.8, 4) is 0 Å². The molecule has 0 aromatic heterocycles. The molecule has 18 heavy (non-hydrogen) atoms. The van der Waals surface area contributed by atoms with E-state index in [9.17, 15) is 0 Å². The van der Waals surface area contributed by atoms with Gasteiger partial charge in [-0.05, 0) is 31.6 Å². The highest BCUT2D eigenvalue weighted by Gasteiger charge is 2.31. The Labute approximate surface area is 112 Å². The third-order valence-corrected chi connectivity index (χ3v) is 4.51. The minimum Gasteiger partial charge on any atom is -0.377 e. The normalized spacial score (nSPS) is 35.0. The second-order valence-electron chi connectivity index (χ2n) is 6.27. The van der Waals surface area contributed by atoms with Crippen molar-refractivity contribution in [2.45, 2.75) is 64.6 Å². The molecule has 0 saturated carbocycles. The van der Waals surface area contributed by atoms with Crippen molar-refractivity contribution < 1.29 is 4.74 Å². The highest BCUT2D eigenvalue weighted by Crippen LogP contribution is 2.20. The highest BCUT2D eigenvalue weighted by atomic mass is 16.5. The van der Waals surface area contributed by atoms with Crippen LogP contribution in [-0.4, -0.2) is 49.3 Å². The molecule has 2 rings (SSSR count). The molecule has 3 unspecified atom stereocenters. The van der Waals surface area contributed by atoms with Crippen LogP contribution in [0.3, 0.4) is 0 Å². The Kier molecular flexibility index (Phi) is 5.46. The first kappa shape index (κ1) is 14.3. The van der Waals surface area contributed by atoms with Crippen molar-refractivity contribution in [2.24, 2.45) is 5.92 Å². The van der Waals surface area contributed by atoms with Gasteiger partial charge < -0.3 is 10.1 Å². The Morgan fingerprint density at radius 1 is 1.33 bits per heavy atom. The van der Waals surface area contributed by atoms with Gasteiger partial charge in [0, 0.05) is 38.3 Å². The van der Waals surface area contributed by atoms with Gasteiger partial charge in [-0.25, -0.2) is 0 Å². The Balaban J connectivity index is 1.91. The smallest absolute Gasteiger partial charge is 0.0702 e. The fourth-order valence-electron chi connectivity index (χ4n) is 3.25. The Morgan fingerprint density at radius 3 is 2.78 bits per heavy atom. The largest absolute Gasteiger partial charge is 0.377 e. The molecule has 3 heteroatoms. The van der Waals surface area contributed by atoms with Gasteiger partial charge in [0.1, 0.15) is 0 Å². The van der Waals surface area contributed by atoms with Crippen molar-refractivity contribution in [1.29, 1.82) is 0 Å². The topological polar surface area (TPSA) is 24.5 Å². The molecule has 2 heterocycles. The van der Waals surface area contributed by atoms with Gasteiger partial charge in [0.15, 0.2) is 0 Å². The minimum absolute atomic E-state index is 0.482. The van der Waals surface area contributed by atoms with Crippen molar-refractivity contribution in [2.75, 3.05) is 26.2 Å². The van der Waals surface area contributed by atoms with Gasteiger partial charge in [0.2, 0.25) is 0 Å². The molecule has 0 aliphatic carbocycles. The first-order valence-corrected chi connectivity index (χ1v) is 7.79. The Bertz CT molecular complexity index is 239. The summed E-state index contributed by atoms with van der Waals surface area (Å²) in [6.07, 6.45) is 5.57.